The molecule has 3 aromatic rings. The van der Waals surface area contributed by atoms with Crippen LogP contribution in [0.1, 0.15) is 12.8 Å². The minimum atomic E-state index is 0.250. The van der Waals surface area contributed by atoms with Gasteiger partial charge in [0.2, 0.25) is 6.41 Å². The van der Waals surface area contributed by atoms with E-state index in [0.29, 0.717) is 17.3 Å². The summed E-state index contributed by atoms with van der Waals surface area (Å²) in [5.74, 6) is 1.68. The Morgan fingerprint density at radius 2 is 1.72 bits per heavy atom. The number of hydrogen-bond donors (Lipinski definition) is 3. The number of amides is 1. The third-order valence-corrected chi connectivity index (χ3v) is 5.19. The second-order valence-corrected chi connectivity index (χ2v) is 7.38. The number of carbonyl (C=O) groups is 1. The zero-order valence-corrected chi connectivity index (χ0v) is 17.2. The van der Waals surface area contributed by atoms with E-state index in [2.05, 4.69) is 21.8 Å². The Morgan fingerprint density at radius 3 is 2.31 bits per heavy atom. The highest BCUT2D eigenvalue weighted by Crippen LogP contribution is 2.39. The summed E-state index contributed by atoms with van der Waals surface area (Å²) in [6.07, 6.45) is 4.42. The molecule has 6 N–H and O–H groups in total. The fourth-order valence-electron chi connectivity index (χ4n) is 2.37. The van der Waals surface area contributed by atoms with Crippen LogP contribution in [0.4, 0.5) is 11.5 Å². The maximum absolute atomic E-state index is 8.58. The first-order valence-corrected chi connectivity index (χ1v) is 9.70. The number of benzene rings is 2. The normalized spacial score (nSPS) is 12.1. The third-order valence-electron chi connectivity index (χ3n) is 3.86. The monoisotopic (exact) mass is 415 g/mol. The minimum absolute atomic E-state index is 0.250. The van der Waals surface area contributed by atoms with Crippen LogP contribution < -0.4 is 26.7 Å². The van der Waals surface area contributed by atoms with Gasteiger partial charge in [0.1, 0.15) is 12.1 Å². The van der Waals surface area contributed by atoms with Crippen molar-refractivity contribution in [1.82, 2.24) is 9.97 Å². The average molecular weight is 416 g/mol. The summed E-state index contributed by atoms with van der Waals surface area (Å²) in [4.78, 5) is 17.9. The molecule has 29 heavy (non-hydrogen) atoms. The molecular formula is C20H25N5O3S. The van der Waals surface area contributed by atoms with Crippen molar-refractivity contribution in [3.05, 3.63) is 42.7 Å². The lowest BCUT2D eigenvalue weighted by Gasteiger charge is -2.08. The van der Waals surface area contributed by atoms with Crippen LogP contribution in [-0.4, -0.2) is 35.8 Å². The summed E-state index contributed by atoms with van der Waals surface area (Å²) in [7, 11) is 3.15. The van der Waals surface area contributed by atoms with E-state index >= 15 is 0 Å². The molecule has 154 valence electrons. The predicted molar refractivity (Wildman–Crippen MR) is 117 cm³/mol. The number of methoxy groups -OCH3 is 2. The van der Waals surface area contributed by atoms with E-state index in [9.17, 15) is 0 Å². The quantitative estimate of drug-likeness (QED) is 0.436. The van der Waals surface area contributed by atoms with Crippen LogP contribution >= 0.6 is 11.8 Å². The molecule has 1 amide bonds. The zero-order chi connectivity index (χ0) is 21.2. The van der Waals surface area contributed by atoms with Crippen molar-refractivity contribution in [2.75, 3.05) is 25.7 Å². The smallest absolute Gasteiger partial charge is 0.204 e. The van der Waals surface area contributed by atoms with Gasteiger partial charge in [0, 0.05) is 27.3 Å². The minimum Gasteiger partial charge on any atom is -0.493 e. The first-order valence-electron chi connectivity index (χ1n) is 8.82. The van der Waals surface area contributed by atoms with E-state index in [-0.39, 0.29) is 6.41 Å². The summed E-state index contributed by atoms with van der Waals surface area (Å²) in [5.41, 5.74) is 17.1. The Morgan fingerprint density at radius 1 is 1.07 bits per heavy atom. The van der Waals surface area contributed by atoms with Gasteiger partial charge in [-0.15, -0.1) is 11.8 Å². The van der Waals surface area contributed by atoms with Gasteiger partial charge in [-0.2, -0.15) is 0 Å². The number of nitrogens with two attached hydrogens (primary N) is 3. The number of aromatic nitrogens is 2. The van der Waals surface area contributed by atoms with E-state index in [0.717, 1.165) is 21.8 Å². The summed E-state index contributed by atoms with van der Waals surface area (Å²) in [5, 5.41) is 1.63. The Hall–Kier alpha value is -3.20. The number of ether oxygens (including phenoxy) is 2. The van der Waals surface area contributed by atoms with Gasteiger partial charge in [-0.05, 0) is 37.1 Å². The highest BCUT2D eigenvalue weighted by atomic mass is 32.2. The van der Waals surface area contributed by atoms with Crippen molar-refractivity contribution in [3.8, 4) is 11.5 Å². The molecule has 0 spiro atoms. The summed E-state index contributed by atoms with van der Waals surface area (Å²) in [6, 6.07) is 11.6. The maximum atomic E-state index is 8.58. The van der Waals surface area contributed by atoms with Crippen LogP contribution in [0.3, 0.4) is 0 Å². The summed E-state index contributed by atoms with van der Waals surface area (Å²) in [6.45, 7) is 0. The van der Waals surface area contributed by atoms with Crippen molar-refractivity contribution in [2.24, 2.45) is 5.73 Å². The molecule has 1 saturated carbocycles. The molecule has 0 saturated heterocycles. The van der Waals surface area contributed by atoms with E-state index in [1.54, 1.807) is 26.4 Å². The Kier molecular flexibility index (Phi) is 8.35. The molecular weight excluding hydrogens is 390 g/mol. The number of thioether (sulfide) groups is 1. The first-order chi connectivity index (χ1) is 14.0. The second-order valence-electron chi connectivity index (χ2n) is 6.01. The van der Waals surface area contributed by atoms with E-state index < -0.39 is 0 Å². The molecule has 4 rings (SSSR count). The molecule has 0 atom stereocenters. The predicted octanol–water partition coefficient (Wildman–Crippen LogP) is 2.85. The SMILES string of the molecule is COc1cc2ncnc(N)c2cc1OC.NC=O.Nc1cccc(SC2CC2)c1. The largest absolute Gasteiger partial charge is 0.493 e. The molecule has 1 heterocycles. The van der Waals surface area contributed by atoms with Crippen molar-refractivity contribution in [2.45, 2.75) is 23.0 Å². The van der Waals surface area contributed by atoms with Crippen LogP contribution in [0.5, 0.6) is 11.5 Å². The first kappa shape index (κ1) is 22.1. The van der Waals surface area contributed by atoms with Gasteiger partial charge in [-0.1, -0.05) is 6.07 Å². The number of primary amides is 1. The van der Waals surface area contributed by atoms with Crippen LogP contribution in [0.25, 0.3) is 10.9 Å². The van der Waals surface area contributed by atoms with Gasteiger partial charge in [-0.3, -0.25) is 4.79 Å². The van der Waals surface area contributed by atoms with E-state index in [1.165, 1.54) is 24.1 Å². The van der Waals surface area contributed by atoms with Crippen LogP contribution in [-0.2, 0) is 4.79 Å². The van der Waals surface area contributed by atoms with Crippen molar-refractivity contribution in [1.29, 1.82) is 0 Å². The number of hydrogen-bond acceptors (Lipinski definition) is 8. The van der Waals surface area contributed by atoms with Crippen LogP contribution in [0.15, 0.2) is 47.6 Å². The third kappa shape index (κ3) is 6.72. The van der Waals surface area contributed by atoms with Gasteiger partial charge in [-0.25, -0.2) is 9.97 Å². The molecule has 0 bridgehead atoms. The van der Waals surface area contributed by atoms with Crippen LogP contribution in [0, 0.1) is 0 Å². The zero-order valence-electron chi connectivity index (χ0n) is 16.4. The Bertz CT molecular complexity index is 951. The van der Waals surface area contributed by atoms with Crippen molar-refractivity contribution >= 4 is 40.6 Å². The molecule has 8 nitrogen and oxygen atoms in total. The molecule has 1 aliphatic carbocycles. The standard InChI is InChI=1S/C10H11N3O2.C9H11NS.CH3NO/c1-14-8-3-6-7(4-9(8)15-2)12-5-13-10(6)11;10-7-2-1-3-9(6-7)11-8-4-5-8;2-1-3/h3-5H,1-2H3,(H2,11,12,13);1-3,6,8H,4-5,10H2;1H,(H2,2,3). The second kappa shape index (κ2) is 11.0. The number of nitrogens with zero attached hydrogens (tertiary/aromatic N) is 2. The molecule has 1 aromatic heterocycles. The molecule has 1 aliphatic rings. The number of anilines is 2. The van der Waals surface area contributed by atoms with Gasteiger partial charge in [0.05, 0.1) is 19.7 Å². The summed E-state index contributed by atoms with van der Waals surface area (Å²) >= 11 is 1.94. The molecule has 0 radical (unpaired) electrons. The highest BCUT2D eigenvalue weighted by Gasteiger charge is 2.22. The van der Waals surface area contributed by atoms with Gasteiger partial charge < -0.3 is 26.7 Å². The Balaban J connectivity index is 0.000000189. The lowest BCUT2D eigenvalue weighted by Crippen LogP contribution is -1.96. The molecule has 0 unspecified atom stereocenters. The van der Waals surface area contributed by atoms with Gasteiger partial charge >= 0.3 is 0 Å². The fourth-order valence-corrected chi connectivity index (χ4v) is 3.49. The summed E-state index contributed by atoms with van der Waals surface area (Å²) < 4.78 is 10.3. The lowest BCUT2D eigenvalue weighted by molar-refractivity contribution is -0.106. The fraction of sp³-hybridized carbons (Fsp3) is 0.250. The molecule has 2 aromatic carbocycles. The van der Waals surface area contributed by atoms with Crippen molar-refractivity contribution in [3.63, 3.8) is 0 Å². The van der Waals surface area contributed by atoms with E-state index in [1.807, 2.05) is 30.0 Å². The lowest BCUT2D eigenvalue weighted by atomic mass is 10.2. The number of carbonyl (C=O) groups excluding carboxylic acids is 1. The number of fused-ring (bicyclic) bond motifs is 1. The number of nitrogen functional groups attached to an aromatic ring is 2. The molecule has 0 aliphatic heterocycles. The average Bonchev–Trinajstić information content (AvgIpc) is 3.52. The number of rotatable bonds is 4. The van der Waals surface area contributed by atoms with E-state index in [4.69, 9.17) is 25.7 Å². The van der Waals surface area contributed by atoms with Crippen molar-refractivity contribution < 1.29 is 14.3 Å². The molecule has 9 heteroatoms. The van der Waals surface area contributed by atoms with Gasteiger partial charge in [0.15, 0.2) is 11.5 Å². The maximum Gasteiger partial charge on any atom is 0.204 e. The van der Waals surface area contributed by atoms with Crippen LogP contribution in [0.2, 0.25) is 0 Å². The topological polar surface area (TPSA) is 139 Å². The Labute approximate surface area is 173 Å². The van der Waals surface area contributed by atoms with Gasteiger partial charge in [0.25, 0.3) is 0 Å². The highest BCUT2D eigenvalue weighted by molar-refractivity contribution is 8.00. The molecule has 1 fully saturated rings.